The highest BCUT2D eigenvalue weighted by Gasteiger charge is 2.17. The molecule has 0 radical (unpaired) electrons. The fourth-order valence-electron chi connectivity index (χ4n) is 3.21. The SMILES string of the molecule is COc1ccc(OC)c(C(=O)Nc2ccc(N3CCC(C)CC3)cc2)c1. The molecule has 5 nitrogen and oxygen atoms in total. The van der Waals surface area contributed by atoms with E-state index >= 15 is 0 Å². The van der Waals surface area contributed by atoms with Crippen LogP contribution < -0.4 is 19.7 Å². The molecule has 0 saturated carbocycles. The Morgan fingerprint density at radius 3 is 2.35 bits per heavy atom. The van der Waals surface area contributed by atoms with E-state index in [4.69, 9.17) is 9.47 Å². The summed E-state index contributed by atoms with van der Waals surface area (Å²) in [5.74, 6) is 1.72. The smallest absolute Gasteiger partial charge is 0.259 e. The molecule has 2 aromatic carbocycles. The number of benzene rings is 2. The van der Waals surface area contributed by atoms with E-state index in [0.717, 1.165) is 24.7 Å². The minimum Gasteiger partial charge on any atom is -0.497 e. The van der Waals surface area contributed by atoms with Gasteiger partial charge in [-0.25, -0.2) is 0 Å². The van der Waals surface area contributed by atoms with Crippen LogP contribution in [0.25, 0.3) is 0 Å². The van der Waals surface area contributed by atoms with Crippen LogP contribution in [0.5, 0.6) is 11.5 Å². The average molecular weight is 354 g/mol. The van der Waals surface area contributed by atoms with Crippen LogP contribution >= 0.6 is 0 Å². The molecule has 1 N–H and O–H groups in total. The van der Waals surface area contributed by atoms with Crippen LogP contribution in [0.15, 0.2) is 42.5 Å². The number of carbonyl (C=O) groups is 1. The van der Waals surface area contributed by atoms with Crippen molar-refractivity contribution in [3.8, 4) is 11.5 Å². The number of ether oxygens (including phenoxy) is 2. The van der Waals surface area contributed by atoms with Crippen molar-refractivity contribution in [2.24, 2.45) is 5.92 Å². The predicted octanol–water partition coefficient (Wildman–Crippen LogP) is 4.19. The van der Waals surface area contributed by atoms with Crippen LogP contribution in [0.4, 0.5) is 11.4 Å². The molecule has 1 saturated heterocycles. The Bertz CT molecular complexity index is 750. The summed E-state index contributed by atoms with van der Waals surface area (Å²) in [5, 5.41) is 2.93. The summed E-state index contributed by atoms with van der Waals surface area (Å²) < 4.78 is 10.5. The molecule has 1 aliphatic heterocycles. The topological polar surface area (TPSA) is 50.8 Å². The molecule has 0 atom stereocenters. The van der Waals surface area contributed by atoms with Gasteiger partial charge in [0.25, 0.3) is 5.91 Å². The summed E-state index contributed by atoms with van der Waals surface area (Å²) >= 11 is 0. The highest BCUT2D eigenvalue weighted by Crippen LogP contribution is 2.27. The number of methoxy groups -OCH3 is 2. The monoisotopic (exact) mass is 354 g/mol. The molecular formula is C21H26N2O3. The quantitative estimate of drug-likeness (QED) is 0.875. The normalized spacial score (nSPS) is 14.8. The van der Waals surface area contributed by atoms with Gasteiger partial charge in [0, 0.05) is 24.5 Å². The van der Waals surface area contributed by atoms with Crippen molar-refractivity contribution in [1.82, 2.24) is 0 Å². The van der Waals surface area contributed by atoms with Crippen molar-refractivity contribution in [2.75, 3.05) is 37.5 Å². The van der Waals surface area contributed by atoms with Crippen molar-refractivity contribution < 1.29 is 14.3 Å². The Morgan fingerprint density at radius 1 is 1.04 bits per heavy atom. The highest BCUT2D eigenvalue weighted by molar-refractivity contribution is 6.06. The number of nitrogens with zero attached hydrogens (tertiary/aromatic N) is 1. The lowest BCUT2D eigenvalue weighted by Gasteiger charge is -2.32. The van der Waals surface area contributed by atoms with Crippen LogP contribution in [0.3, 0.4) is 0 Å². The van der Waals surface area contributed by atoms with Gasteiger partial charge in [0.1, 0.15) is 11.5 Å². The summed E-state index contributed by atoms with van der Waals surface area (Å²) in [6.45, 7) is 4.49. The van der Waals surface area contributed by atoms with Gasteiger partial charge in [-0.3, -0.25) is 4.79 Å². The lowest BCUT2D eigenvalue weighted by molar-refractivity contribution is 0.102. The molecule has 138 valence electrons. The molecule has 5 heteroatoms. The van der Waals surface area contributed by atoms with Gasteiger partial charge in [0.05, 0.1) is 19.8 Å². The molecule has 3 rings (SSSR count). The van der Waals surface area contributed by atoms with Crippen LogP contribution in [0, 0.1) is 5.92 Å². The van der Waals surface area contributed by atoms with E-state index in [-0.39, 0.29) is 5.91 Å². The van der Waals surface area contributed by atoms with Crippen LogP contribution in [-0.2, 0) is 0 Å². The van der Waals surface area contributed by atoms with E-state index in [2.05, 4.69) is 29.3 Å². The van der Waals surface area contributed by atoms with E-state index in [1.54, 1.807) is 32.4 Å². The van der Waals surface area contributed by atoms with E-state index in [0.29, 0.717) is 17.1 Å². The van der Waals surface area contributed by atoms with Gasteiger partial charge >= 0.3 is 0 Å². The number of nitrogens with one attached hydrogen (secondary N) is 1. The summed E-state index contributed by atoms with van der Waals surface area (Å²) in [7, 11) is 3.12. The third kappa shape index (κ3) is 4.10. The van der Waals surface area contributed by atoms with Gasteiger partial charge in [0.15, 0.2) is 0 Å². The number of amides is 1. The minimum atomic E-state index is -0.222. The largest absolute Gasteiger partial charge is 0.497 e. The van der Waals surface area contributed by atoms with Gasteiger partial charge in [-0.05, 0) is 61.2 Å². The minimum absolute atomic E-state index is 0.222. The van der Waals surface area contributed by atoms with Gasteiger partial charge in [-0.2, -0.15) is 0 Å². The summed E-state index contributed by atoms with van der Waals surface area (Å²) in [6, 6.07) is 13.2. The maximum absolute atomic E-state index is 12.6. The van der Waals surface area contributed by atoms with Crippen molar-refractivity contribution in [3.05, 3.63) is 48.0 Å². The number of rotatable bonds is 5. The Morgan fingerprint density at radius 2 is 1.73 bits per heavy atom. The fourth-order valence-corrected chi connectivity index (χ4v) is 3.21. The van der Waals surface area contributed by atoms with E-state index < -0.39 is 0 Å². The lowest BCUT2D eigenvalue weighted by atomic mass is 9.99. The molecule has 0 unspecified atom stereocenters. The molecule has 0 spiro atoms. The van der Waals surface area contributed by atoms with E-state index in [1.807, 2.05) is 12.1 Å². The summed E-state index contributed by atoms with van der Waals surface area (Å²) in [4.78, 5) is 15.0. The van der Waals surface area contributed by atoms with Gasteiger partial charge in [0.2, 0.25) is 0 Å². The maximum atomic E-state index is 12.6. The molecule has 0 aromatic heterocycles. The molecule has 2 aromatic rings. The number of hydrogen-bond acceptors (Lipinski definition) is 4. The first-order chi connectivity index (χ1) is 12.6. The Labute approximate surface area is 154 Å². The number of carbonyl (C=O) groups excluding carboxylic acids is 1. The second-order valence-corrected chi connectivity index (χ2v) is 6.74. The fraction of sp³-hybridized carbons (Fsp3) is 0.381. The van der Waals surface area contributed by atoms with Crippen molar-refractivity contribution in [3.63, 3.8) is 0 Å². The van der Waals surface area contributed by atoms with Crippen molar-refractivity contribution >= 4 is 17.3 Å². The second-order valence-electron chi connectivity index (χ2n) is 6.74. The zero-order valence-corrected chi connectivity index (χ0v) is 15.6. The molecular weight excluding hydrogens is 328 g/mol. The average Bonchev–Trinajstić information content (AvgIpc) is 2.68. The standard InChI is InChI=1S/C21H26N2O3/c1-15-10-12-23(13-11-15)17-6-4-16(5-7-17)22-21(24)19-14-18(25-2)8-9-20(19)26-3/h4-9,14-15H,10-13H2,1-3H3,(H,22,24). The Hall–Kier alpha value is -2.69. The summed E-state index contributed by atoms with van der Waals surface area (Å²) in [6.07, 6.45) is 2.46. The molecule has 1 amide bonds. The van der Waals surface area contributed by atoms with Crippen LogP contribution in [-0.4, -0.2) is 33.2 Å². The first kappa shape index (κ1) is 18.1. The van der Waals surface area contributed by atoms with E-state index in [9.17, 15) is 4.79 Å². The Kier molecular flexibility index (Phi) is 5.66. The highest BCUT2D eigenvalue weighted by atomic mass is 16.5. The van der Waals surface area contributed by atoms with Crippen LogP contribution in [0.2, 0.25) is 0 Å². The zero-order valence-electron chi connectivity index (χ0n) is 15.6. The molecule has 0 aliphatic carbocycles. The molecule has 26 heavy (non-hydrogen) atoms. The van der Waals surface area contributed by atoms with Crippen molar-refractivity contribution in [1.29, 1.82) is 0 Å². The zero-order chi connectivity index (χ0) is 18.5. The third-order valence-corrected chi connectivity index (χ3v) is 4.93. The number of piperidine rings is 1. The second kappa shape index (κ2) is 8.13. The predicted molar refractivity (Wildman–Crippen MR) is 105 cm³/mol. The molecule has 1 heterocycles. The molecule has 1 aliphatic rings. The Balaban J connectivity index is 1.70. The number of anilines is 2. The molecule has 0 bridgehead atoms. The maximum Gasteiger partial charge on any atom is 0.259 e. The first-order valence-corrected chi connectivity index (χ1v) is 8.99. The first-order valence-electron chi connectivity index (χ1n) is 8.99. The lowest BCUT2D eigenvalue weighted by Crippen LogP contribution is -2.32. The van der Waals surface area contributed by atoms with Crippen LogP contribution in [0.1, 0.15) is 30.1 Å². The molecule has 1 fully saturated rings. The van der Waals surface area contributed by atoms with Gasteiger partial charge in [-0.1, -0.05) is 6.92 Å². The third-order valence-electron chi connectivity index (χ3n) is 4.93. The summed E-state index contributed by atoms with van der Waals surface area (Å²) in [5.41, 5.74) is 2.41. The van der Waals surface area contributed by atoms with Gasteiger partial charge in [-0.15, -0.1) is 0 Å². The van der Waals surface area contributed by atoms with E-state index in [1.165, 1.54) is 18.5 Å². The van der Waals surface area contributed by atoms with Gasteiger partial charge < -0.3 is 19.7 Å². The van der Waals surface area contributed by atoms with Crippen molar-refractivity contribution in [2.45, 2.75) is 19.8 Å². The number of hydrogen-bond donors (Lipinski definition) is 1.